The molecule has 4 heteroatoms. The molecule has 30 heavy (non-hydrogen) atoms. The molecule has 5 rings (SSSR count). The van der Waals surface area contributed by atoms with E-state index in [1.165, 1.54) is 38.5 Å². The van der Waals surface area contributed by atoms with Gasteiger partial charge in [0.1, 0.15) is 11.9 Å². The Morgan fingerprint density at radius 2 is 1.67 bits per heavy atom. The van der Waals surface area contributed by atoms with Gasteiger partial charge in [0.05, 0.1) is 6.04 Å². The minimum atomic E-state index is -0.573. The van der Waals surface area contributed by atoms with Crippen LogP contribution in [0.15, 0.2) is 30.3 Å². The predicted molar refractivity (Wildman–Crippen MR) is 118 cm³/mol. The molecule has 0 spiro atoms. The van der Waals surface area contributed by atoms with E-state index in [1.807, 2.05) is 51.1 Å². The molecule has 0 N–H and O–H groups in total. The van der Waals surface area contributed by atoms with Gasteiger partial charge in [-0.2, -0.15) is 0 Å². The van der Waals surface area contributed by atoms with Gasteiger partial charge in [0.25, 0.3) is 0 Å². The summed E-state index contributed by atoms with van der Waals surface area (Å²) >= 11 is 0. The van der Waals surface area contributed by atoms with Gasteiger partial charge in [-0.25, -0.2) is 4.79 Å². The molecule has 0 aliphatic heterocycles. The normalized spacial score (nSPS) is 30.7. The van der Waals surface area contributed by atoms with Crippen molar-refractivity contribution in [2.45, 2.75) is 83.8 Å². The summed E-state index contributed by atoms with van der Waals surface area (Å²) in [5.74, 6) is 2.66. The molecule has 0 radical (unpaired) electrons. The first-order chi connectivity index (χ1) is 14.3. The van der Waals surface area contributed by atoms with Crippen LogP contribution in [0.2, 0.25) is 0 Å². The van der Waals surface area contributed by atoms with Crippen LogP contribution < -0.4 is 0 Å². The van der Waals surface area contributed by atoms with Crippen LogP contribution in [0.25, 0.3) is 0 Å². The molecule has 0 aromatic heterocycles. The number of amides is 1. The van der Waals surface area contributed by atoms with Crippen LogP contribution in [-0.2, 0) is 16.0 Å². The van der Waals surface area contributed by atoms with Crippen molar-refractivity contribution >= 4 is 12.4 Å². The van der Waals surface area contributed by atoms with Crippen molar-refractivity contribution in [3.63, 3.8) is 0 Å². The summed E-state index contributed by atoms with van der Waals surface area (Å²) in [4.78, 5) is 26.9. The Kier molecular flexibility index (Phi) is 5.96. The number of carbonyl (C=O) groups is 2. The maximum absolute atomic E-state index is 13.1. The van der Waals surface area contributed by atoms with Gasteiger partial charge in [0.15, 0.2) is 0 Å². The lowest BCUT2D eigenvalue weighted by Crippen LogP contribution is -2.50. The summed E-state index contributed by atoms with van der Waals surface area (Å²) < 4.78 is 5.72. The second kappa shape index (κ2) is 8.36. The molecule has 4 nitrogen and oxygen atoms in total. The van der Waals surface area contributed by atoms with Gasteiger partial charge in [-0.1, -0.05) is 30.3 Å². The number of ether oxygens (including phenoxy) is 1. The quantitative estimate of drug-likeness (QED) is 0.546. The Morgan fingerprint density at radius 3 is 2.17 bits per heavy atom. The Hall–Kier alpha value is -1.84. The summed E-state index contributed by atoms with van der Waals surface area (Å²) in [6.07, 6.45) is 10.3. The third-order valence-electron chi connectivity index (χ3n) is 7.52. The van der Waals surface area contributed by atoms with Gasteiger partial charge in [0.2, 0.25) is 0 Å². The lowest BCUT2D eigenvalue weighted by Gasteiger charge is -2.57. The summed E-state index contributed by atoms with van der Waals surface area (Å²) in [7, 11) is 0. The second-order valence-corrected chi connectivity index (χ2v) is 11.2. The monoisotopic (exact) mass is 411 g/mol. The van der Waals surface area contributed by atoms with Crippen molar-refractivity contribution in [2.75, 3.05) is 6.54 Å². The van der Waals surface area contributed by atoms with Crippen molar-refractivity contribution < 1.29 is 14.3 Å². The second-order valence-electron chi connectivity index (χ2n) is 11.2. The molecule has 1 aromatic carbocycles. The van der Waals surface area contributed by atoms with E-state index < -0.39 is 11.6 Å². The summed E-state index contributed by atoms with van der Waals surface area (Å²) in [6.45, 7) is 6.26. The minimum absolute atomic E-state index is 0.361. The molecule has 1 aromatic rings. The first-order valence-corrected chi connectivity index (χ1v) is 11.7. The highest BCUT2D eigenvalue weighted by molar-refractivity contribution is 5.74. The van der Waals surface area contributed by atoms with Crippen LogP contribution in [0.1, 0.15) is 71.3 Å². The van der Waals surface area contributed by atoms with E-state index >= 15 is 0 Å². The van der Waals surface area contributed by atoms with Crippen LogP contribution in [-0.4, -0.2) is 35.5 Å². The fourth-order valence-electron chi connectivity index (χ4n) is 6.75. The smallest absolute Gasteiger partial charge is 0.410 e. The molecule has 164 valence electrons. The van der Waals surface area contributed by atoms with Gasteiger partial charge in [-0.05, 0) is 101 Å². The maximum atomic E-state index is 13.1. The van der Waals surface area contributed by atoms with Crippen LogP contribution in [0.3, 0.4) is 0 Å². The first-order valence-electron chi connectivity index (χ1n) is 11.7. The number of nitrogens with zero attached hydrogens (tertiary/aromatic N) is 1. The predicted octanol–water partition coefficient (Wildman–Crippen LogP) is 5.64. The zero-order chi connectivity index (χ0) is 21.4. The van der Waals surface area contributed by atoms with Crippen molar-refractivity contribution in [2.24, 2.45) is 23.2 Å². The number of carbonyl (C=O) groups excluding carboxylic acids is 2. The van der Waals surface area contributed by atoms with Crippen molar-refractivity contribution in [1.29, 1.82) is 0 Å². The number of hydrogen-bond donors (Lipinski definition) is 0. The molecular formula is C26H37NO3. The lowest BCUT2D eigenvalue weighted by molar-refractivity contribution is -0.113. The number of benzene rings is 1. The minimum Gasteiger partial charge on any atom is -0.444 e. The van der Waals surface area contributed by atoms with Crippen molar-refractivity contribution in [3.8, 4) is 0 Å². The fraction of sp³-hybridized carbons (Fsp3) is 0.692. The molecular weight excluding hydrogens is 374 g/mol. The van der Waals surface area contributed by atoms with Gasteiger partial charge >= 0.3 is 6.09 Å². The largest absolute Gasteiger partial charge is 0.444 e. The van der Waals surface area contributed by atoms with E-state index in [0.29, 0.717) is 18.4 Å². The number of rotatable bonds is 7. The van der Waals surface area contributed by atoms with Gasteiger partial charge in [0, 0.05) is 6.54 Å². The molecule has 0 heterocycles. The van der Waals surface area contributed by atoms with Crippen LogP contribution in [0, 0.1) is 23.2 Å². The van der Waals surface area contributed by atoms with Gasteiger partial charge in [-0.15, -0.1) is 0 Å². The van der Waals surface area contributed by atoms with Crippen molar-refractivity contribution in [3.05, 3.63) is 35.9 Å². The number of hydrogen-bond acceptors (Lipinski definition) is 3. The lowest BCUT2D eigenvalue weighted by atomic mass is 9.49. The number of aldehydes is 1. The molecule has 4 aliphatic rings. The highest BCUT2D eigenvalue weighted by atomic mass is 16.6. The zero-order valence-corrected chi connectivity index (χ0v) is 18.8. The topological polar surface area (TPSA) is 46.6 Å². The Balaban J connectivity index is 1.49. The highest BCUT2D eigenvalue weighted by Crippen LogP contribution is 2.61. The molecule has 4 fully saturated rings. The van der Waals surface area contributed by atoms with Gasteiger partial charge in [-0.3, -0.25) is 4.90 Å². The SMILES string of the molecule is CC(C)(C)OC(=O)N(CCC12CC3CC(CC(C3)C1)C2)[C@H](C=O)Cc1ccccc1. The van der Waals surface area contributed by atoms with E-state index in [0.717, 1.165) is 36.0 Å². The van der Waals surface area contributed by atoms with Crippen molar-refractivity contribution in [1.82, 2.24) is 4.90 Å². The van der Waals surface area contributed by atoms with E-state index in [2.05, 4.69) is 0 Å². The van der Waals surface area contributed by atoms with Crippen LogP contribution in [0.4, 0.5) is 4.79 Å². The molecule has 0 unspecified atom stereocenters. The molecule has 4 saturated carbocycles. The summed E-state index contributed by atoms with van der Waals surface area (Å²) in [6, 6.07) is 9.47. The zero-order valence-electron chi connectivity index (χ0n) is 18.8. The third-order valence-corrected chi connectivity index (χ3v) is 7.52. The first kappa shape index (κ1) is 21.4. The summed E-state index contributed by atoms with van der Waals surface area (Å²) in [5, 5.41) is 0. The molecule has 1 amide bonds. The van der Waals surface area contributed by atoms with E-state index in [4.69, 9.17) is 4.74 Å². The summed E-state index contributed by atoms with van der Waals surface area (Å²) in [5.41, 5.74) is 0.865. The average Bonchev–Trinajstić information content (AvgIpc) is 2.65. The van der Waals surface area contributed by atoms with E-state index in [9.17, 15) is 9.59 Å². The molecule has 4 bridgehead atoms. The third kappa shape index (κ3) is 4.90. The average molecular weight is 412 g/mol. The standard InChI is InChI=1S/C26H37NO3/c1-25(2,3)30-24(29)27(23(18-28)14-19-7-5-4-6-8-19)10-9-26-15-20-11-21(16-26)13-22(12-20)17-26/h4-8,18,20-23H,9-17H2,1-3H3/t20?,21?,22?,23-,26?/m0/s1. The van der Waals surface area contributed by atoms with E-state index in [-0.39, 0.29) is 6.09 Å². The Labute approximate surface area is 181 Å². The van der Waals surface area contributed by atoms with E-state index in [1.54, 1.807) is 4.90 Å². The Morgan fingerprint density at radius 1 is 1.10 bits per heavy atom. The Bertz CT molecular complexity index is 716. The molecule has 4 aliphatic carbocycles. The van der Waals surface area contributed by atoms with Crippen LogP contribution in [0.5, 0.6) is 0 Å². The maximum Gasteiger partial charge on any atom is 0.410 e. The molecule has 0 saturated heterocycles. The van der Waals surface area contributed by atoms with Crippen LogP contribution >= 0.6 is 0 Å². The molecule has 1 atom stereocenters. The van der Waals surface area contributed by atoms with Gasteiger partial charge < -0.3 is 9.53 Å². The highest BCUT2D eigenvalue weighted by Gasteiger charge is 2.50. The fourth-order valence-corrected chi connectivity index (χ4v) is 6.75.